The van der Waals surface area contributed by atoms with Crippen LogP contribution in [-0.2, 0) is 19.1 Å². The second kappa shape index (κ2) is 8.61. The zero-order valence-electron chi connectivity index (χ0n) is 12.6. The number of ether oxygens (including phenoxy) is 1. The van der Waals surface area contributed by atoms with Crippen molar-refractivity contribution in [3.63, 3.8) is 0 Å². The summed E-state index contributed by atoms with van der Waals surface area (Å²) in [6, 6.07) is -1.76. The maximum Gasteiger partial charge on any atom is 0.326 e. The van der Waals surface area contributed by atoms with Crippen molar-refractivity contribution >= 4 is 17.8 Å². The van der Waals surface area contributed by atoms with Gasteiger partial charge in [0.1, 0.15) is 12.1 Å². The average molecular weight is 300 g/mol. The van der Waals surface area contributed by atoms with Gasteiger partial charge in [0.25, 0.3) is 0 Å². The molecule has 7 nitrogen and oxygen atoms in total. The lowest BCUT2D eigenvalue weighted by Crippen LogP contribution is -2.51. The zero-order valence-corrected chi connectivity index (χ0v) is 12.6. The van der Waals surface area contributed by atoms with Crippen LogP contribution in [0.1, 0.15) is 39.0 Å². The third kappa shape index (κ3) is 5.71. The van der Waals surface area contributed by atoms with E-state index in [1.165, 1.54) is 7.11 Å². The molecule has 0 aromatic carbocycles. The molecule has 0 bridgehead atoms. The number of nitrogens with one attached hydrogen (secondary N) is 2. The van der Waals surface area contributed by atoms with Crippen LogP contribution >= 0.6 is 0 Å². The molecule has 0 spiro atoms. The highest BCUT2D eigenvalue weighted by atomic mass is 16.5. The number of carboxylic acid groups (broad SMARTS) is 1. The number of carbonyl (C=O) groups is 3. The molecule has 0 heterocycles. The SMILES string of the molecule is COCCC(NC(=O)C(C)NC(=O)C1CCCC1)C(=O)O. The van der Waals surface area contributed by atoms with Crippen LogP contribution in [0.15, 0.2) is 0 Å². The lowest BCUT2D eigenvalue weighted by Gasteiger charge is -2.19. The van der Waals surface area contributed by atoms with Gasteiger partial charge in [0, 0.05) is 26.1 Å². The smallest absolute Gasteiger partial charge is 0.326 e. The first kappa shape index (κ1) is 17.4. The van der Waals surface area contributed by atoms with Gasteiger partial charge >= 0.3 is 5.97 Å². The van der Waals surface area contributed by atoms with Crippen molar-refractivity contribution in [3.8, 4) is 0 Å². The number of rotatable bonds is 8. The molecular formula is C14H24N2O5. The van der Waals surface area contributed by atoms with Crippen LogP contribution < -0.4 is 10.6 Å². The second-order valence-corrected chi connectivity index (χ2v) is 5.39. The number of hydrogen-bond donors (Lipinski definition) is 3. The third-order valence-electron chi connectivity index (χ3n) is 3.70. The maximum absolute atomic E-state index is 11.9. The molecule has 2 amide bonds. The van der Waals surface area contributed by atoms with E-state index in [2.05, 4.69) is 10.6 Å². The number of aliphatic carboxylic acids is 1. The Bertz CT molecular complexity index is 380. The molecule has 7 heteroatoms. The third-order valence-corrected chi connectivity index (χ3v) is 3.70. The van der Waals surface area contributed by atoms with Gasteiger partial charge in [0.05, 0.1) is 0 Å². The molecule has 1 rings (SSSR count). The van der Waals surface area contributed by atoms with E-state index in [1.54, 1.807) is 6.92 Å². The first-order chi connectivity index (χ1) is 9.95. The van der Waals surface area contributed by atoms with E-state index in [4.69, 9.17) is 9.84 Å². The maximum atomic E-state index is 11.9. The molecule has 3 N–H and O–H groups in total. The fourth-order valence-corrected chi connectivity index (χ4v) is 2.37. The summed E-state index contributed by atoms with van der Waals surface area (Å²) < 4.78 is 4.81. The largest absolute Gasteiger partial charge is 0.480 e. The first-order valence-corrected chi connectivity index (χ1v) is 7.28. The highest BCUT2D eigenvalue weighted by molar-refractivity contribution is 5.90. The van der Waals surface area contributed by atoms with Crippen molar-refractivity contribution in [1.82, 2.24) is 10.6 Å². The molecule has 2 atom stereocenters. The Kier molecular flexibility index (Phi) is 7.14. The number of hydrogen-bond acceptors (Lipinski definition) is 4. The molecule has 0 aromatic heterocycles. The van der Waals surface area contributed by atoms with Gasteiger partial charge < -0.3 is 20.5 Å². The van der Waals surface area contributed by atoms with E-state index >= 15 is 0 Å². The molecule has 1 saturated carbocycles. The number of methoxy groups -OCH3 is 1. The van der Waals surface area contributed by atoms with Crippen molar-refractivity contribution in [1.29, 1.82) is 0 Å². The Hall–Kier alpha value is -1.63. The van der Waals surface area contributed by atoms with Gasteiger partial charge in [-0.05, 0) is 19.8 Å². The summed E-state index contributed by atoms with van der Waals surface area (Å²) in [4.78, 5) is 34.9. The normalized spacial score (nSPS) is 18.0. The molecule has 120 valence electrons. The van der Waals surface area contributed by atoms with E-state index in [0.29, 0.717) is 0 Å². The van der Waals surface area contributed by atoms with Gasteiger partial charge in [-0.2, -0.15) is 0 Å². The molecule has 1 aliphatic carbocycles. The highest BCUT2D eigenvalue weighted by Crippen LogP contribution is 2.24. The van der Waals surface area contributed by atoms with Crippen molar-refractivity contribution in [2.24, 2.45) is 5.92 Å². The monoisotopic (exact) mass is 300 g/mol. The van der Waals surface area contributed by atoms with Gasteiger partial charge in [-0.15, -0.1) is 0 Å². The molecular weight excluding hydrogens is 276 g/mol. The summed E-state index contributed by atoms with van der Waals surface area (Å²) in [6.45, 7) is 1.79. The lowest BCUT2D eigenvalue weighted by atomic mass is 10.1. The van der Waals surface area contributed by atoms with Gasteiger partial charge in [0.2, 0.25) is 11.8 Å². The van der Waals surface area contributed by atoms with Gasteiger partial charge in [-0.3, -0.25) is 9.59 Å². The summed E-state index contributed by atoms with van der Waals surface area (Å²) in [5, 5.41) is 14.1. The molecule has 21 heavy (non-hydrogen) atoms. The molecule has 0 aromatic rings. The van der Waals surface area contributed by atoms with Crippen LogP contribution in [0, 0.1) is 5.92 Å². The average Bonchev–Trinajstić information content (AvgIpc) is 2.96. The minimum absolute atomic E-state index is 0.0241. The Balaban J connectivity index is 2.44. The quantitative estimate of drug-likeness (QED) is 0.597. The summed E-state index contributed by atoms with van der Waals surface area (Å²) in [7, 11) is 1.46. The predicted octanol–water partition coefficient (Wildman–Crippen LogP) is 0.287. The molecule has 1 aliphatic rings. The Labute approximate surface area is 124 Å². The summed E-state index contributed by atoms with van der Waals surface area (Å²) in [5.74, 6) is -1.76. The topological polar surface area (TPSA) is 105 Å². The predicted molar refractivity (Wildman–Crippen MR) is 75.6 cm³/mol. The standard InChI is InChI=1S/C14H24N2O5/c1-9(15-13(18)10-5-3-4-6-10)12(17)16-11(14(19)20)7-8-21-2/h9-11H,3-8H2,1-2H3,(H,15,18)(H,16,17)(H,19,20). The Morgan fingerprint density at radius 3 is 2.38 bits per heavy atom. The van der Waals surface area contributed by atoms with Crippen LogP contribution in [0.3, 0.4) is 0 Å². The van der Waals surface area contributed by atoms with Crippen molar-refractivity contribution in [2.45, 2.75) is 51.1 Å². The van der Waals surface area contributed by atoms with Gasteiger partial charge in [0.15, 0.2) is 0 Å². The van der Waals surface area contributed by atoms with Crippen molar-refractivity contribution in [3.05, 3.63) is 0 Å². The van der Waals surface area contributed by atoms with Crippen LogP contribution in [0.4, 0.5) is 0 Å². The molecule has 0 aliphatic heterocycles. The van der Waals surface area contributed by atoms with E-state index in [1.807, 2.05) is 0 Å². The second-order valence-electron chi connectivity index (χ2n) is 5.39. The van der Waals surface area contributed by atoms with Crippen LogP contribution in [-0.4, -0.2) is 48.7 Å². The van der Waals surface area contributed by atoms with Crippen LogP contribution in [0.2, 0.25) is 0 Å². The summed E-state index contributed by atoms with van der Waals surface area (Å²) in [6.07, 6.45) is 3.96. The van der Waals surface area contributed by atoms with E-state index in [-0.39, 0.29) is 24.9 Å². The lowest BCUT2D eigenvalue weighted by molar-refractivity contribution is -0.142. The highest BCUT2D eigenvalue weighted by Gasteiger charge is 2.27. The molecule has 2 unspecified atom stereocenters. The minimum Gasteiger partial charge on any atom is -0.480 e. The number of amides is 2. The van der Waals surface area contributed by atoms with Crippen LogP contribution in [0.25, 0.3) is 0 Å². The number of carboxylic acids is 1. The zero-order chi connectivity index (χ0) is 15.8. The van der Waals surface area contributed by atoms with E-state index in [9.17, 15) is 14.4 Å². The summed E-state index contributed by atoms with van der Waals surface area (Å²) in [5.41, 5.74) is 0. The van der Waals surface area contributed by atoms with E-state index in [0.717, 1.165) is 25.7 Å². The van der Waals surface area contributed by atoms with Gasteiger partial charge in [-0.25, -0.2) is 4.79 Å². The fraction of sp³-hybridized carbons (Fsp3) is 0.786. The molecule has 0 saturated heterocycles. The van der Waals surface area contributed by atoms with Gasteiger partial charge in [-0.1, -0.05) is 12.8 Å². The van der Waals surface area contributed by atoms with Crippen molar-refractivity contribution in [2.75, 3.05) is 13.7 Å². The van der Waals surface area contributed by atoms with E-state index < -0.39 is 24.0 Å². The summed E-state index contributed by atoms with van der Waals surface area (Å²) >= 11 is 0. The molecule has 0 radical (unpaired) electrons. The minimum atomic E-state index is -1.12. The fourth-order valence-electron chi connectivity index (χ4n) is 2.37. The first-order valence-electron chi connectivity index (χ1n) is 7.28. The van der Waals surface area contributed by atoms with Crippen LogP contribution in [0.5, 0.6) is 0 Å². The van der Waals surface area contributed by atoms with Crippen molar-refractivity contribution < 1.29 is 24.2 Å². The Morgan fingerprint density at radius 1 is 1.24 bits per heavy atom. The molecule has 1 fully saturated rings. The Morgan fingerprint density at radius 2 is 1.86 bits per heavy atom. The number of carbonyl (C=O) groups excluding carboxylic acids is 2.